The Kier molecular flexibility index (Phi) is 5.09. The number of aryl methyl sites for hydroxylation is 1. The number of ether oxygens (including phenoxy) is 1. The molecular weight excluding hydrogens is 362 g/mol. The zero-order chi connectivity index (χ0) is 20.0. The van der Waals surface area contributed by atoms with Crippen molar-refractivity contribution < 1.29 is 9.84 Å². The van der Waals surface area contributed by atoms with Gasteiger partial charge in [0.15, 0.2) is 0 Å². The van der Waals surface area contributed by atoms with Crippen molar-refractivity contribution in [3.63, 3.8) is 0 Å². The molecule has 158 valence electrons. The van der Waals surface area contributed by atoms with Gasteiger partial charge in [-0.1, -0.05) is 12.8 Å². The number of hydrogen-bond donors (Lipinski definition) is 2. The molecule has 1 atom stereocenters. The number of hydrogen-bond acceptors (Lipinski definition) is 4. The molecule has 2 fully saturated rings. The van der Waals surface area contributed by atoms with Crippen molar-refractivity contribution in [2.75, 3.05) is 39.9 Å². The van der Waals surface area contributed by atoms with Gasteiger partial charge < -0.3 is 24.6 Å². The van der Waals surface area contributed by atoms with Crippen molar-refractivity contribution in [1.82, 2.24) is 14.8 Å². The topological polar surface area (TPSA) is 49.7 Å². The normalized spacial score (nSPS) is 25.0. The van der Waals surface area contributed by atoms with Crippen molar-refractivity contribution in [1.29, 1.82) is 0 Å². The highest BCUT2D eigenvalue weighted by Crippen LogP contribution is 2.47. The fourth-order valence-corrected chi connectivity index (χ4v) is 6.33. The van der Waals surface area contributed by atoms with Crippen LogP contribution < -0.4 is 10.1 Å². The summed E-state index contributed by atoms with van der Waals surface area (Å²) in [7, 11) is 3.86. The number of piperidine rings is 1. The molecule has 1 saturated carbocycles. The first kappa shape index (κ1) is 19.4. The predicted molar refractivity (Wildman–Crippen MR) is 117 cm³/mol. The van der Waals surface area contributed by atoms with Gasteiger partial charge in [-0.25, -0.2) is 0 Å². The highest BCUT2D eigenvalue weighted by atomic mass is 16.5. The van der Waals surface area contributed by atoms with Crippen molar-refractivity contribution in [3.05, 3.63) is 29.5 Å². The maximum Gasteiger partial charge on any atom is 0.120 e. The van der Waals surface area contributed by atoms with E-state index in [1.807, 2.05) is 0 Å². The second-order valence-corrected chi connectivity index (χ2v) is 9.55. The summed E-state index contributed by atoms with van der Waals surface area (Å²) in [5.41, 5.74) is 4.13. The van der Waals surface area contributed by atoms with Crippen LogP contribution in [0, 0.1) is 5.92 Å². The largest absolute Gasteiger partial charge is 0.497 e. The Morgan fingerprint density at radius 3 is 2.66 bits per heavy atom. The molecule has 1 aliphatic carbocycles. The van der Waals surface area contributed by atoms with Gasteiger partial charge in [0.1, 0.15) is 5.75 Å². The Hall–Kier alpha value is -1.56. The number of likely N-dealkylation sites (tertiary alicyclic amines) is 1. The average Bonchev–Trinajstić information content (AvgIpc) is 3.37. The maximum atomic E-state index is 10.1. The van der Waals surface area contributed by atoms with Gasteiger partial charge in [0.2, 0.25) is 0 Å². The summed E-state index contributed by atoms with van der Waals surface area (Å²) in [5.74, 6) is 1.82. The van der Waals surface area contributed by atoms with E-state index in [2.05, 4.69) is 40.0 Å². The van der Waals surface area contributed by atoms with Crippen LogP contribution >= 0.6 is 0 Å². The molecule has 0 unspecified atom stereocenters. The van der Waals surface area contributed by atoms with E-state index in [1.165, 1.54) is 80.3 Å². The molecule has 1 spiro atoms. The van der Waals surface area contributed by atoms with Gasteiger partial charge in [-0.15, -0.1) is 0 Å². The summed E-state index contributed by atoms with van der Waals surface area (Å²) < 4.78 is 7.78. The minimum Gasteiger partial charge on any atom is -0.497 e. The lowest BCUT2D eigenvalue weighted by molar-refractivity contribution is 0.122. The fourth-order valence-electron chi connectivity index (χ4n) is 6.33. The Morgan fingerprint density at radius 1 is 1.21 bits per heavy atom. The Morgan fingerprint density at radius 2 is 1.97 bits per heavy atom. The van der Waals surface area contributed by atoms with E-state index in [1.54, 1.807) is 7.11 Å². The molecule has 1 aromatic heterocycles. The van der Waals surface area contributed by atoms with E-state index < -0.39 is 0 Å². The number of benzene rings is 1. The van der Waals surface area contributed by atoms with Crippen molar-refractivity contribution in [2.45, 2.75) is 50.0 Å². The zero-order valence-electron chi connectivity index (χ0n) is 17.9. The summed E-state index contributed by atoms with van der Waals surface area (Å²) in [6, 6.07) is 6.47. The second-order valence-electron chi connectivity index (χ2n) is 9.55. The molecule has 2 N–H and O–H groups in total. The van der Waals surface area contributed by atoms with Crippen LogP contribution in [0.2, 0.25) is 0 Å². The second kappa shape index (κ2) is 7.60. The van der Waals surface area contributed by atoms with Gasteiger partial charge in [0, 0.05) is 42.7 Å². The number of aliphatic hydroxyl groups excluding tert-OH is 1. The molecule has 5 nitrogen and oxygen atoms in total. The predicted octanol–water partition coefficient (Wildman–Crippen LogP) is 3.35. The highest BCUT2D eigenvalue weighted by Gasteiger charge is 2.45. The van der Waals surface area contributed by atoms with E-state index in [9.17, 15) is 5.11 Å². The Labute approximate surface area is 174 Å². The standard InChI is InChI=1S/C24H35N3O2/c1-26-21-13-18(29-2)7-8-19(21)22-23(26)20(15-28)25-16-24(22)9-11-27(12-10-24)14-17-5-3-4-6-17/h7-8,13,17,20,25,28H,3-6,9-12,14-16H2,1-2H3/t20-/m0/s1. The van der Waals surface area contributed by atoms with Gasteiger partial charge in [-0.2, -0.15) is 0 Å². The highest BCUT2D eigenvalue weighted by molar-refractivity contribution is 5.88. The first-order valence-corrected chi connectivity index (χ1v) is 11.4. The summed E-state index contributed by atoms with van der Waals surface area (Å²) in [6.07, 6.45) is 8.11. The molecule has 0 bridgehead atoms. The molecule has 3 heterocycles. The number of fused-ring (bicyclic) bond motifs is 4. The molecule has 0 radical (unpaired) electrons. The first-order valence-electron chi connectivity index (χ1n) is 11.4. The van der Waals surface area contributed by atoms with Crippen LogP contribution in [-0.4, -0.2) is 54.5 Å². The first-order chi connectivity index (χ1) is 14.1. The fraction of sp³-hybridized carbons (Fsp3) is 0.667. The summed E-state index contributed by atoms with van der Waals surface area (Å²) in [4.78, 5) is 2.72. The lowest BCUT2D eigenvalue weighted by Crippen LogP contribution is -2.53. The number of nitrogens with zero attached hydrogens (tertiary/aromatic N) is 2. The summed E-state index contributed by atoms with van der Waals surface area (Å²) in [6.45, 7) is 4.77. The van der Waals surface area contributed by atoms with E-state index in [0.29, 0.717) is 0 Å². The summed E-state index contributed by atoms with van der Waals surface area (Å²) >= 11 is 0. The summed E-state index contributed by atoms with van der Waals surface area (Å²) in [5, 5.41) is 15.1. The van der Waals surface area contributed by atoms with Crippen LogP contribution in [0.1, 0.15) is 55.8 Å². The SMILES string of the molecule is COc1ccc2c3c(n(C)c2c1)[C@H](CO)NCC31CCN(CC2CCCC2)CC1. The van der Waals surface area contributed by atoms with Crippen LogP contribution in [0.25, 0.3) is 10.9 Å². The Bertz CT molecular complexity index is 876. The van der Waals surface area contributed by atoms with Gasteiger partial charge in [-0.3, -0.25) is 0 Å². The molecule has 2 aromatic rings. The van der Waals surface area contributed by atoms with E-state index in [-0.39, 0.29) is 18.1 Å². The molecule has 1 saturated heterocycles. The quantitative estimate of drug-likeness (QED) is 0.831. The number of aliphatic hydroxyl groups is 1. The molecule has 0 amide bonds. The molecule has 5 rings (SSSR count). The number of rotatable bonds is 4. The maximum absolute atomic E-state index is 10.1. The molecule has 5 heteroatoms. The Balaban J connectivity index is 1.49. The van der Waals surface area contributed by atoms with Crippen molar-refractivity contribution in [2.24, 2.45) is 13.0 Å². The number of methoxy groups -OCH3 is 1. The monoisotopic (exact) mass is 397 g/mol. The molecule has 29 heavy (non-hydrogen) atoms. The van der Waals surface area contributed by atoms with Crippen molar-refractivity contribution in [3.8, 4) is 5.75 Å². The van der Waals surface area contributed by atoms with Gasteiger partial charge in [-0.05, 0) is 62.4 Å². The minimum absolute atomic E-state index is 0.00976. The third-order valence-corrected chi connectivity index (χ3v) is 7.99. The van der Waals surface area contributed by atoms with Crippen LogP contribution in [0.4, 0.5) is 0 Å². The van der Waals surface area contributed by atoms with Crippen molar-refractivity contribution >= 4 is 10.9 Å². The molecule has 3 aliphatic rings. The van der Waals surface area contributed by atoms with E-state index in [0.717, 1.165) is 18.2 Å². The van der Waals surface area contributed by atoms with Gasteiger partial charge in [0.25, 0.3) is 0 Å². The van der Waals surface area contributed by atoms with Crippen LogP contribution in [0.5, 0.6) is 5.75 Å². The van der Waals surface area contributed by atoms with Crippen LogP contribution in [0.15, 0.2) is 18.2 Å². The third kappa shape index (κ3) is 3.18. The van der Waals surface area contributed by atoms with Crippen LogP contribution in [0.3, 0.4) is 0 Å². The number of nitrogens with one attached hydrogen (secondary N) is 1. The van der Waals surface area contributed by atoms with E-state index >= 15 is 0 Å². The third-order valence-electron chi connectivity index (χ3n) is 7.99. The zero-order valence-corrected chi connectivity index (χ0v) is 17.9. The molecule has 2 aliphatic heterocycles. The lowest BCUT2D eigenvalue weighted by atomic mass is 9.69. The van der Waals surface area contributed by atoms with Gasteiger partial charge >= 0.3 is 0 Å². The minimum atomic E-state index is 0.00976. The smallest absolute Gasteiger partial charge is 0.120 e. The molecular formula is C24H35N3O2. The van der Waals surface area contributed by atoms with E-state index in [4.69, 9.17) is 4.74 Å². The molecule has 1 aromatic carbocycles. The van der Waals surface area contributed by atoms with Crippen LogP contribution in [-0.2, 0) is 12.5 Å². The van der Waals surface area contributed by atoms with Gasteiger partial charge in [0.05, 0.1) is 25.3 Å². The lowest BCUT2D eigenvalue weighted by Gasteiger charge is -2.47. The number of aromatic nitrogens is 1. The average molecular weight is 398 g/mol.